The Bertz CT molecular complexity index is 738. The van der Waals surface area contributed by atoms with E-state index in [0.717, 1.165) is 5.56 Å². The van der Waals surface area contributed by atoms with Crippen molar-refractivity contribution in [1.29, 1.82) is 0 Å². The van der Waals surface area contributed by atoms with Crippen molar-refractivity contribution in [2.75, 3.05) is 12.4 Å². The molecule has 0 aromatic carbocycles. The molecule has 2 aromatic rings. The molecule has 0 spiro atoms. The Balaban J connectivity index is 1.86. The van der Waals surface area contributed by atoms with Gasteiger partial charge in [0.1, 0.15) is 0 Å². The van der Waals surface area contributed by atoms with E-state index in [2.05, 4.69) is 15.3 Å². The molecule has 0 aliphatic carbocycles. The number of nitrogens with zero attached hydrogens (tertiary/aromatic N) is 3. The lowest BCUT2D eigenvalue weighted by molar-refractivity contribution is -0.127. The maximum absolute atomic E-state index is 12.6. The summed E-state index contributed by atoms with van der Waals surface area (Å²) in [6.07, 6.45) is 5.03. The number of amides is 2. The largest absolute Gasteiger partial charge is 0.338 e. The number of aromatic nitrogens is 2. The average Bonchev–Trinajstić information content (AvgIpc) is 2.86. The van der Waals surface area contributed by atoms with E-state index in [0.29, 0.717) is 5.69 Å². The van der Waals surface area contributed by atoms with Gasteiger partial charge in [-0.1, -0.05) is 17.7 Å². The summed E-state index contributed by atoms with van der Waals surface area (Å²) >= 11 is 5.97. The van der Waals surface area contributed by atoms with Crippen molar-refractivity contribution in [1.82, 2.24) is 14.9 Å². The lowest BCUT2D eigenvalue weighted by atomic mass is 9.94. The van der Waals surface area contributed by atoms with Gasteiger partial charge in [-0.15, -0.1) is 0 Å². The summed E-state index contributed by atoms with van der Waals surface area (Å²) in [6, 6.07) is 6.67. The van der Waals surface area contributed by atoms with E-state index in [9.17, 15) is 9.59 Å². The van der Waals surface area contributed by atoms with Gasteiger partial charge in [0.15, 0.2) is 5.15 Å². The third-order valence-corrected chi connectivity index (χ3v) is 4.27. The summed E-state index contributed by atoms with van der Waals surface area (Å²) in [4.78, 5) is 34.3. The Morgan fingerprint density at radius 2 is 2.13 bits per heavy atom. The highest BCUT2D eigenvalue weighted by Crippen LogP contribution is 2.37. The van der Waals surface area contributed by atoms with Gasteiger partial charge in [-0.05, 0) is 23.8 Å². The molecule has 118 valence electrons. The van der Waals surface area contributed by atoms with Crippen LogP contribution in [0.3, 0.4) is 0 Å². The second-order valence-corrected chi connectivity index (χ2v) is 5.74. The number of carbonyl (C=O) groups excluding carboxylic acids is 2. The topological polar surface area (TPSA) is 75.2 Å². The van der Waals surface area contributed by atoms with Gasteiger partial charge in [-0.25, -0.2) is 4.98 Å². The monoisotopic (exact) mass is 330 g/mol. The van der Waals surface area contributed by atoms with Gasteiger partial charge in [-0.2, -0.15) is 0 Å². The molecule has 2 atom stereocenters. The van der Waals surface area contributed by atoms with Crippen LogP contribution in [0.25, 0.3) is 0 Å². The van der Waals surface area contributed by atoms with Crippen molar-refractivity contribution in [2.24, 2.45) is 5.92 Å². The van der Waals surface area contributed by atoms with Crippen LogP contribution in [0.2, 0.25) is 5.15 Å². The highest BCUT2D eigenvalue weighted by atomic mass is 35.5. The normalized spacial score (nSPS) is 20.6. The Morgan fingerprint density at radius 3 is 2.83 bits per heavy atom. The summed E-state index contributed by atoms with van der Waals surface area (Å²) in [6.45, 7) is 0. The molecule has 23 heavy (non-hydrogen) atoms. The fourth-order valence-electron chi connectivity index (χ4n) is 2.82. The van der Waals surface area contributed by atoms with E-state index < -0.39 is 5.92 Å². The smallest absolute Gasteiger partial charge is 0.230 e. The average molecular weight is 331 g/mol. The number of likely N-dealkylation sites (tertiary alicyclic amines) is 1. The molecular formula is C16H15ClN4O2. The molecule has 2 amide bonds. The third-order valence-electron chi connectivity index (χ3n) is 3.97. The maximum Gasteiger partial charge on any atom is 0.230 e. The van der Waals surface area contributed by atoms with Gasteiger partial charge in [0, 0.05) is 32.1 Å². The van der Waals surface area contributed by atoms with E-state index in [1.165, 1.54) is 0 Å². The summed E-state index contributed by atoms with van der Waals surface area (Å²) < 4.78 is 0. The Kier molecular flexibility index (Phi) is 4.25. The second kappa shape index (κ2) is 6.34. The zero-order chi connectivity index (χ0) is 16.4. The highest BCUT2D eigenvalue weighted by Gasteiger charge is 2.42. The Hall–Kier alpha value is -2.47. The van der Waals surface area contributed by atoms with Crippen LogP contribution in [-0.2, 0) is 9.59 Å². The van der Waals surface area contributed by atoms with Gasteiger partial charge in [0.05, 0.1) is 17.6 Å². The number of halogens is 1. The molecule has 0 bridgehead atoms. The molecule has 2 aromatic heterocycles. The highest BCUT2D eigenvalue weighted by molar-refractivity contribution is 6.32. The van der Waals surface area contributed by atoms with Crippen LogP contribution in [0.1, 0.15) is 18.0 Å². The molecule has 6 nitrogen and oxygen atoms in total. The van der Waals surface area contributed by atoms with Crippen LogP contribution in [0, 0.1) is 5.92 Å². The number of hydrogen-bond donors (Lipinski definition) is 1. The fourth-order valence-corrected chi connectivity index (χ4v) is 2.98. The van der Waals surface area contributed by atoms with Gasteiger partial charge in [0.25, 0.3) is 0 Å². The molecule has 0 saturated carbocycles. The molecule has 1 aliphatic heterocycles. The predicted molar refractivity (Wildman–Crippen MR) is 85.7 cm³/mol. The number of pyridine rings is 2. The van der Waals surface area contributed by atoms with E-state index in [-0.39, 0.29) is 29.4 Å². The van der Waals surface area contributed by atoms with Gasteiger partial charge < -0.3 is 10.2 Å². The summed E-state index contributed by atoms with van der Waals surface area (Å²) in [5, 5.41) is 2.98. The Labute approximate surface area is 138 Å². The van der Waals surface area contributed by atoms with Crippen molar-refractivity contribution in [3.8, 4) is 0 Å². The molecular weight excluding hydrogens is 316 g/mol. The quantitative estimate of drug-likeness (QED) is 0.876. The number of nitrogens with one attached hydrogen (secondary N) is 1. The first-order valence-corrected chi connectivity index (χ1v) is 7.52. The summed E-state index contributed by atoms with van der Waals surface area (Å²) in [7, 11) is 1.70. The molecule has 1 aliphatic rings. The molecule has 0 radical (unpaired) electrons. The lowest BCUT2D eigenvalue weighted by Gasteiger charge is -2.24. The molecule has 3 heterocycles. The van der Waals surface area contributed by atoms with Crippen molar-refractivity contribution in [3.05, 3.63) is 53.6 Å². The van der Waals surface area contributed by atoms with E-state index >= 15 is 0 Å². The zero-order valence-electron chi connectivity index (χ0n) is 12.4. The molecule has 3 rings (SSSR count). The minimum absolute atomic E-state index is 0.0729. The first-order valence-electron chi connectivity index (χ1n) is 7.15. The molecule has 1 saturated heterocycles. The van der Waals surface area contributed by atoms with Crippen LogP contribution in [0.15, 0.2) is 42.9 Å². The van der Waals surface area contributed by atoms with Gasteiger partial charge in [0.2, 0.25) is 11.8 Å². The van der Waals surface area contributed by atoms with E-state index in [4.69, 9.17) is 11.6 Å². The zero-order valence-corrected chi connectivity index (χ0v) is 13.2. The van der Waals surface area contributed by atoms with E-state index in [1.807, 2.05) is 6.07 Å². The molecule has 1 fully saturated rings. The molecule has 0 unspecified atom stereocenters. The first kappa shape index (κ1) is 15.4. The van der Waals surface area contributed by atoms with Gasteiger partial charge in [-0.3, -0.25) is 14.6 Å². The second-order valence-electron chi connectivity index (χ2n) is 5.38. The SMILES string of the molecule is CN1C(=O)C[C@@H](C(=O)Nc2cccnc2Cl)[C@H]1c1cccnc1. The van der Waals surface area contributed by atoms with Crippen LogP contribution >= 0.6 is 11.6 Å². The van der Waals surface area contributed by atoms with Crippen molar-refractivity contribution in [3.63, 3.8) is 0 Å². The third kappa shape index (κ3) is 3.03. The van der Waals surface area contributed by atoms with Crippen molar-refractivity contribution in [2.45, 2.75) is 12.5 Å². The number of carbonyl (C=O) groups is 2. The lowest BCUT2D eigenvalue weighted by Crippen LogP contribution is -2.30. The standard InChI is InChI=1S/C16H15ClN4O2/c1-21-13(22)8-11(14(21)10-4-2-6-18-9-10)16(23)20-12-5-3-7-19-15(12)17/h2-7,9,11,14H,8H2,1H3,(H,20,23)/t11-,14-/m1/s1. The summed E-state index contributed by atoms with van der Waals surface area (Å²) in [5.41, 5.74) is 1.27. The first-order chi connectivity index (χ1) is 11.1. The van der Waals surface area contributed by atoms with Crippen LogP contribution in [-0.4, -0.2) is 33.7 Å². The Morgan fingerprint density at radius 1 is 1.35 bits per heavy atom. The van der Waals surface area contributed by atoms with Crippen molar-refractivity contribution >= 4 is 29.1 Å². The van der Waals surface area contributed by atoms with Crippen LogP contribution < -0.4 is 5.32 Å². The number of anilines is 1. The summed E-state index contributed by atoms with van der Waals surface area (Å²) in [5.74, 6) is -0.837. The molecule has 1 N–H and O–H groups in total. The minimum Gasteiger partial charge on any atom is -0.338 e. The number of rotatable bonds is 3. The van der Waals surface area contributed by atoms with Crippen LogP contribution in [0.4, 0.5) is 5.69 Å². The molecule has 7 heteroatoms. The maximum atomic E-state index is 12.6. The van der Waals surface area contributed by atoms with E-state index in [1.54, 1.807) is 48.7 Å². The van der Waals surface area contributed by atoms with Crippen LogP contribution in [0.5, 0.6) is 0 Å². The van der Waals surface area contributed by atoms with Gasteiger partial charge >= 0.3 is 0 Å². The predicted octanol–water partition coefficient (Wildman–Crippen LogP) is 2.29. The minimum atomic E-state index is -0.507. The fraction of sp³-hybridized carbons (Fsp3) is 0.250. The number of hydrogen-bond acceptors (Lipinski definition) is 4. The van der Waals surface area contributed by atoms with Crippen molar-refractivity contribution < 1.29 is 9.59 Å².